The van der Waals surface area contributed by atoms with Crippen molar-refractivity contribution in [3.05, 3.63) is 28.8 Å². The van der Waals surface area contributed by atoms with E-state index in [-0.39, 0.29) is 9.92 Å². The van der Waals surface area contributed by atoms with Gasteiger partial charge in [-0.05, 0) is 36.7 Å². The number of primary sulfonamides is 1. The first kappa shape index (κ1) is 22.5. The van der Waals surface area contributed by atoms with Crippen molar-refractivity contribution in [2.45, 2.75) is 50.2 Å². The van der Waals surface area contributed by atoms with Gasteiger partial charge in [0.05, 0.1) is 30.9 Å². The van der Waals surface area contributed by atoms with E-state index >= 15 is 0 Å². The van der Waals surface area contributed by atoms with Gasteiger partial charge in [-0.15, -0.1) is 0 Å². The van der Waals surface area contributed by atoms with Crippen LogP contribution < -0.4 is 5.14 Å². The lowest BCUT2D eigenvalue weighted by atomic mass is 10.0. The first-order chi connectivity index (χ1) is 12.6. The molecule has 1 fully saturated rings. The zero-order valence-electron chi connectivity index (χ0n) is 16.1. The Morgan fingerprint density at radius 2 is 1.89 bits per heavy atom. The van der Waals surface area contributed by atoms with E-state index in [1.54, 1.807) is 17.8 Å². The third-order valence-corrected chi connectivity index (χ3v) is 7.51. The van der Waals surface area contributed by atoms with Gasteiger partial charge in [-0.3, -0.25) is 4.58 Å². The molecule has 3 N–H and O–H groups in total. The standard InChI is InChI=1S/C18H29ClN3O3S2/c1-4-6-10-22(11-7-5-2)17-21(3)18(23,13-26-17)14-8-9-15(19)16(12-14)27(20,24)25/h8-9,12,23H,4-7,10-11,13H2,1-3H3,(H2,20,24,25)/q+1. The Morgan fingerprint density at radius 1 is 1.30 bits per heavy atom. The number of aliphatic hydroxyl groups is 1. The van der Waals surface area contributed by atoms with Gasteiger partial charge in [0.1, 0.15) is 4.90 Å². The van der Waals surface area contributed by atoms with Crippen LogP contribution in [0.15, 0.2) is 23.1 Å². The lowest BCUT2D eigenvalue weighted by Crippen LogP contribution is -2.45. The molecule has 1 aromatic carbocycles. The van der Waals surface area contributed by atoms with Crippen LogP contribution in [-0.2, 0) is 15.7 Å². The minimum Gasteiger partial charge on any atom is -0.349 e. The highest BCUT2D eigenvalue weighted by Crippen LogP contribution is 2.39. The minimum atomic E-state index is -3.97. The number of hydrogen-bond donors (Lipinski definition) is 2. The van der Waals surface area contributed by atoms with Crippen molar-refractivity contribution >= 4 is 38.6 Å². The van der Waals surface area contributed by atoms with Crippen LogP contribution in [-0.4, -0.2) is 54.1 Å². The van der Waals surface area contributed by atoms with Crippen molar-refractivity contribution in [3.8, 4) is 0 Å². The number of benzene rings is 1. The van der Waals surface area contributed by atoms with E-state index < -0.39 is 15.7 Å². The third-order valence-electron chi connectivity index (χ3n) is 4.78. The van der Waals surface area contributed by atoms with E-state index in [4.69, 9.17) is 16.7 Å². The van der Waals surface area contributed by atoms with E-state index in [2.05, 4.69) is 18.4 Å². The van der Waals surface area contributed by atoms with E-state index in [9.17, 15) is 13.5 Å². The van der Waals surface area contributed by atoms with E-state index in [1.807, 2.05) is 11.9 Å². The van der Waals surface area contributed by atoms with Gasteiger partial charge in [-0.1, -0.05) is 44.4 Å². The molecule has 152 valence electrons. The Kier molecular flexibility index (Phi) is 7.61. The fourth-order valence-corrected chi connectivity index (χ4v) is 5.54. The second-order valence-corrected chi connectivity index (χ2v) is 9.71. The Hall–Kier alpha value is -0.800. The van der Waals surface area contributed by atoms with Gasteiger partial charge in [-0.2, -0.15) is 0 Å². The Bertz CT molecular complexity index is 804. The predicted molar refractivity (Wildman–Crippen MR) is 112 cm³/mol. The zero-order chi connectivity index (χ0) is 20.2. The Balaban J connectivity index is 2.43. The number of halogens is 1. The second kappa shape index (κ2) is 9.13. The van der Waals surface area contributed by atoms with Crippen LogP contribution in [0.5, 0.6) is 0 Å². The molecule has 6 nitrogen and oxygen atoms in total. The van der Waals surface area contributed by atoms with E-state index in [1.165, 1.54) is 12.1 Å². The number of sulfonamides is 1. The van der Waals surface area contributed by atoms with Gasteiger partial charge in [0, 0.05) is 5.56 Å². The van der Waals surface area contributed by atoms with Crippen LogP contribution in [0.2, 0.25) is 5.02 Å². The molecule has 1 atom stereocenters. The summed E-state index contributed by atoms with van der Waals surface area (Å²) in [4.78, 5) is 1.66. The monoisotopic (exact) mass is 434 g/mol. The summed E-state index contributed by atoms with van der Waals surface area (Å²) in [6.45, 7) is 6.19. The minimum absolute atomic E-state index is 0.0508. The van der Waals surface area contributed by atoms with Crippen molar-refractivity contribution in [2.24, 2.45) is 5.14 Å². The predicted octanol–water partition coefficient (Wildman–Crippen LogP) is 2.78. The zero-order valence-corrected chi connectivity index (χ0v) is 18.5. The van der Waals surface area contributed by atoms with Crippen LogP contribution in [0.4, 0.5) is 0 Å². The summed E-state index contributed by atoms with van der Waals surface area (Å²) in [6.07, 6.45) is 4.36. The molecule has 1 saturated heterocycles. The highest BCUT2D eigenvalue weighted by atomic mass is 35.5. The van der Waals surface area contributed by atoms with Crippen LogP contribution in [0, 0.1) is 0 Å². The summed E-state index contributed by atoms with van der Waals surface area (Å²) in [6, 6.07) is 4.50. The Morgan fingerprint density at radius 3 is 2.41 bits per heavy atom. The fourth-order valence-electron chi connectivity index (χ4n) is 3.07. The maximum atomic E-state index is 11.8. The quantitative estimate of drug-likeness (QED) is 0.614. The molecule has 0 spiro atoms. The van der Waals surface area contributed by atoms with Crippen molar-refractivity contribution in [1.82, 2.24) is 4.90 Å². The molecule has 1 aromatic rings. The first-order valence-electron chi connectivity index (χ1n) is 9.18. The van der Waals surface area contributed by atoms with Crippen molar-refractivity contribution in [2.75, 3.05) is 25.9 Å². The van der Waals surface area contributed by atoms with Crippen LogP contribution in [0.25, 0.3) is 0 Å². The van der Waals surface area contributed by atoms with Gasteiger partial charge < -0.3 is 5.11 Å². The third kappa shape index (κ3) is 4.98. The highest BCUT2D eigenvalue weighted by molar-refractivity contribution is 8.13. The van der Waals surface area contributed by atoms with E-state index in [0.717, 1.165) is 43.9 Å². The normalized spacial score (nSPS) is 20.4. The molecule has 1 aliphatic rings. The molecule has 0 saturated carbocycles. The summed E-state index contributed by atoms with van der Waals surface area (Å²) in [5, 5.41) is 17.7. The SMILES string of the molecule is CCCC[N+](CCCC)=C1SCC(O)(c2ccc(Cl)c(S(N)(=O)=O)c2)N1C. The number of nitrogens with zero attached hydrogens (tertiary/aromatic N) is 2. The molecule has 2 rings (SSSR count). The van der Waals surface area contributed by atoms with E-state index in [0.29, 0.717) is 11.3 Å². The Labute approximate surface area is 171 Å². The average Bonchev–Trinajstić information content (AvgIpc) is 2.91. The lowest BCUT2D eigenvalue weighted by molar-refractivity contribution is -0.531. The molecule has 9 heteroatoms. The highest BCUT2D eigenvalue weighted by Gasteiger charge is 2.50. The summed E-state index contributed by atoms with van der Waals surface area (Å²) >= 11 is 7.57. The number of nitrogens with two attached hydrogens (primary N) is 1. The van der Waals surface area contributed by atoms with Crippen molar-refractivity contribution in [3.63, 3.8) is 0 Å². The number of unbranched alkanes of at least 4 members (excludes halogenated alkanes) is 2. The smallest absolute Gasteiger partial charge is 0.311 e. The van der Waals surface area contributed by atoms with Gasteiger partial charge in [0.15, 0.2) is 0 Å². The van der Waals surface area contributed by atoms with Gasteiger partial charge in [-0.25, -0.2) is 18.5 Å². The molecule has 0 bridgehead atoms. The fraction of sp³-hybridized carbons (Fsp3) is 0.611. The lowest BCUT2D eigenvalue weighted by Gasteiger charge is -2.27. The average molecular weight is 435 g/mol. The molecule has 27 heavy (non-hydrogen) atoms. The number of thioether (sulfide) groups is 1. The number of hydrogen-bond acceptors (Lipinski definition) is 4. The van der Waals surface area contributed by atoms with Crippen LogP contribution in [0.3, 0.4) is 0 Å². The van der Waals surface area contributed by atoms with Crippen molar-refractivity contribution < 1.29 is 18.1 Å². The maximum Gasteiger partial charge on any atom is 0.311 e. The molecule has 0 aromatic heterocycles. The summed E-state index contributed by atoms with van der Waals surface area (Å²) in [5.74, 6) is 0.402. The van der Waals surface area contributed by atoms with Crippen molar-refractivity contribution in [1.29, 1.82) is 0 Å². The van der Waals surface area contributed by atoms with Crippen LogP contribution in [0.1, 0.15) is 45.1 Å². The number of amidine groups is 1. The molecule has 1 aliphatic heterocycles. The van der Waals surface area contributed by atoms with Gasteiger partial charge in [0.25, 0.3) is 0 Å². The topological polar surface area (TPSA) is 86.6 Å². The largest absolute Gasteiger partial charge is 0.349 e. The molecular formula is C18H29ClN3O3S2+. The summed E-state index contributed by atoms with van der Waals surface area (Å²) in [7, 11) is -2.13. The molecule has 1 unspecified atom stereocenters. The molecule has 0 radical (unpaired) electrons. The maximum absolute atomic E-state index is 11.8. The molecule has 0 amide bonds. The van der Waals surface area contributed by atoms with Crippen LogP contribution >= 0.6 is 23.4 Å². The summed E-state index contributed by atoms with van der Waals surface area (Å²) in [5.41, 5.74) is -0.854. The molecule has 1 heterocycles. The molecular weight excluding hydrogens is 406 g/mol. The second-order valence-electron chi connectivity index (χ2n) is 6.83. The first-order valence-corrected chi connectivity index (χ1v) is 12.1. The molecule has 0 aliphatic carbocycles. The van der Waals surface area contributed by atoms with Gasteiger partial charge >= 0.3 is 5.17 Å². The number of rotatable bonds is 8. The van der Waals surface area contributed by atoms with Gasteiger partial charge in [0.2, 0.25) is 15.7 Å². The summed E-state index contributed by atoms with van der Waals surface area (Å²) < 4.78 is 25.9.